The van der Waals surface area contributed by atoms with E-state index in [0.717, 1.165) is 6.92 Å². The fourth-order valence-electron chi connectivity index (χ4n) is 0. The molecule has 2 nitrogen and oxygen atoms in total. The molecule has 0 saturated carbocycles. The molecule has 7 heavy (non-hydrogen) atoms. The van der Waals surface area contributed by atoms with Gasteiger partial charge in [-0.15, -0.1) is 24.8 Å². The number of hydrogen-bond acceptors (Lipinski definition) is 1. The van der Waals surface area contributed by atoms with Gasteiger partial charge < -0.3 is 6.53 Å². The molecular formula is C2H7Cl2NaO2. The fraction of sp³-hybridized carbons (Fsp3) is 0.500. The van der Waals surface area contributed by atoms with Crippen LogP contribution in [0.25, 0.3) is 0 Å². The van der Waals surface area contributed by atoms with Gasteiger partial charge in [0.1, 0.15) is 0 Å². The van der Waals surface area contributed by atoms with Crippen molar-refractivity contribution in [2.45, 2.75) is 6.92 Å². The molecule has 0 radical (unpaired) electrons. The zero-order valence-corrected chi connectivity index (χ0v) is 7.80. The Hall–Kier alpha value is 1.05. The molecule has 0 saturated heterocycles. The van der Waals surface area contributed by atoms with Crippen molar-refractivity contribution >= 4 is 30.8 Å². The summed E-state index contributed by atoms with van der Waals surface area (Å²) in [5, 5.41) is 7.42. The molecule has 0 fully saturated rings. The minimum Gasteiger partial charge on any atom is -1.00 e. The van der Waals surface area contributed by atoms with Crippen LogP contribution in [0, 0.1) is 0 Å². The van der Waals surface area contributed by atoms with E-state index in [1.54, 1.807) is 0 Å². The smallest absolute Gasteiger partial charge is 1.00 e. The van der Waals surface area contributed by atoms with Crippen LogP contribution in [0.4, 0.5) is 0 Å². The van der Waals surface area contributed by atoms with Crippen LogP contribution in [0.5, 0.6) is 0 Å². The number of aliphatic carboxylic acids is 1. The third-order valence-corrected chi connectivity index (χ3v) is 0. The van der Waals surface area contributed by atoms with Gasteiger partial charge in [0.15, 0.2) is 0 Å². The van der Waals surface area contributed by atoms with E-state index in [-0.39, 0.29) is 55.8 Å². The van der Waals surface area contributed by atoms with Crippen LogP contribution in [0.1, 0.15) is 8.35 Å². The molecule has 0 aromatic rings. The van der Waals surface area contributed by atoms with Crippen LogP contribution in [0.3, 0.4) is 0 Å². The molecule has 0 heterocycles. The van der Waals surface area contributed by atoms with E-state index < -0.39 is 5.97 Å². The Labute approximate surface area is 78.3 Å². The molecule has 0 aromatic carbocycles. The topological polar surface area (TPSA) is 37.3 Å². The van der Waals surface area contributed by atoms with Crippen molar-refractivity contribution in [1.82, 2.24) is 0 Å². The maximum absolute atomic E-state index is 9.00. The van der Waals surface area contributed by atoms with Crippen molar-refractivity contribution in [2.75, 3.05) is 0 Å². The van der Waals surface area contributed by atoms with Crippen molar-refractivity contribution in [3.8, 4) is 0 Å². The number of carboxylic acids is 1. The molecule has 5 heteroatoms. The Bertz CT molecular complexity index is 41.0. The number of carboxylic acid groups (broad SMARTS) is 1. The minimum absolute atomic E-state index is 0. The number of halogens is 2. The number of rotatable bonds is 0. The van der Waals surface area contributed by atoms with Crippen LogP contribution >= 0.6 is 24.8 Å². The summed E-state index contributed by atoms with van der Waals surface area (Å²) in [7, 11) is 0. The zero-order chi connectivity index (χ0) is 3.58. The van der Waals surface area contributed by atoms with Gasteiger partial charge in [-0.25, -0.2) is 0 Å². The predicted molar refractivity (Wildman–Crippen MR) is 28.9 cm³/mol. The Morgan fingerprint density at radius 3 is 1.57 bits per heavy atom. The van der Waals surface area contributed by atoms with Crippen molar-refractivity contribution in [2.24, 2.45) is 0 Å². The molecule has 1 N–H and O–H groups in total. The maximum Gasteiger partial charge on any atom is 1.00 e. The van der Waals surface area contributed by atoms with Crippen LogP contribution in [0.15, 0.2) is 0 Å². The molecule has 0 amide bonds. The first kappa shape index (κ1) is 24.4. The van der Waals surface area contributed by atoms with E-state index in [2.05, 4.69) is 0 Å². The Balaban J connectivity index is -0.00000000750. The monoisotopic (exact) mass is 156 g/mol. The Morgan fingerprint density at radius 1 is 1.57 bits per heavy atom. The summed E-state index contributed by atoms with van der Waals surface area (Å²) in [6.45, 7) is 1.08. The Morgan fingerprint density at radius 2 is 1.57 bits per heavy atom. The summed E-state index contributed by atoms with van der Waals surface area (Å²) < 4.78 is 0. The van der Waals surface area contributed by atoms with Crippen LogP contribution in [0.2, 0.25) is 0 Å². The second-order valence-electron chi connectivity index (χ2n) is 0.519. The van der Waals surface area contributed by atoms with Crippen LogP contribution < -0.4 is 29.6 Å². The van der Waals surface area contributed by atoms with Crippen molar-refractivity contribution in [1.29, 1.82) is 0 Å². The summed E-state index contributed by atoms with van der Waals surface area (Å²) in [4.78, 5) is 9.00. The van der Waals surface area contributed by atoms with Crippen molar-refractivity contribution < 1.29 is 40.9 Å². The molecular weight excluding hydrogens is 150 g/mol. The third-order valence-electron chi connectivity index (χ3n) is 0. The molecule has 0 aliphatic heterocycles. The molecule has 0 aliphatic rings. The standard InChI is InChI=1S/C2H4O2.2ClH.Na.H/c1-2(3)4;;;;/h1H3,(H,3,4);2*1H;;/q;;;+1;-1. The molecule has 0 atom stereocenters. The molecule has 0 aromatic heterocycles. The molecule has 42 valence electrons. The third kappa shape index (κ3) is 163. The molecule has 0 aliphatic carbocycles. The van der Waals surface area contributed by atoms with Gasteiger partial charge in [-0.1, -0.05) is 0 Å². The van der Waals surface area contributed by atoms with E-state index in [0.29, 0.717) is 0 Å². The van der Waals surface area contributed by atoms with Gasteiger partial charge in [0.25, 0.3) is 5.97 Å². The number of carbonyl (C=O) groups is 1. The second-order valence-corrected chi connectivity index (χ2v) is 0.519. The van der Waals surface area contributed by atoms with E-state index >= 15 is 0 Å². The first-order valence-electron chi connectivity index (χ1n) is 0.928. The summed E-state index contributed by atoms with van der Waals surface area (Å²) in [6.07, 6.45) is 0. The van der Waals surface area contributed by atoms with E-state index in [9.17, 15) is 0 Å². The van der Waals surface area contributed by atoms with Gasteiger partial charge in [-0.05, 0) is 0 Å². The van der Waals surface area contributed by atoms with Gasteiger partial charge in [0.2, 0.25) is 0 Å². The summed E-state index contributed by atoms with van der Waals surface area (Å²) in [6, 6.07) is 0. The normalized spacial score (nSPS) is 3.57. The average molecular weight is 157 g/mol. The molecule has 0 spiro atoms. The molecule has 0 unspecified atom stereocenters. The molecule has 0 rings (SSSR count). The van der Waals surface area contributed by atoms with Gasteiger partial charge in [0, 0.05) is 6.92 Å². The van der Waals surface area contributed by atoms with Crippen LogP contribution in [-0.4, -0.2) is 11.1 Å². The van der Waals surface area contributed by atoms with E-state index in [1.165, 1.54) is 0 Å². The fourth-order valence-corrected chi connectivity index (χ4v) is 0. The summed E-state index contributed by atoms with van der Waals surface area (Å²) in [5.41, 5.74) is 0. The van der Waals surface area contributed by atoms with Crippen molar-refractivity contribution in [3.05, 3.63) is 0 Å². The summed E-state index contributed by atoms with van der Waals surface area (Å²) >= 11 is 0. The Kier molecular flexibility index (Phi) is 54.8. The summed E-state index contributed by atoms with van der Waals surface area (Å²) in [5.74, 6) is -0.833. The maximum atomic E-state index is 9.00. The van der Waals surface area contributed by atoms with E-state index in [1.807, 2.05) is 0 Å². The number of hydrogen-bond donors (Lipinski definition) is 1. The van der Waals surface area contributed by atoms with Gasteiger partial charge in [0.05, 0.1) is 0 Å². The zero-order valence-electron chi connectivity index (χ0n) is 5.17. The van der Waals surface area contributed by atoms with Crippen molar-refractivity contribution in [3.63, 3.8) is 0 Å². The SMILES string of the molecule is CC(=O)O.Cl.Cl.[H-].[Na+]. The minimum atomic E-state index is -0.833. The van der Waals surface area contributed by atoms with E-state index in [4.69, 9.17) is 9.90 Å². The van der Waals surface area contributed by atoms with Crippen LogP contribution in [-0.2, 0) is 4.79 Å². The largest absolute Gasteiger partial charge is 1.00 e. The first-order valence-corrected chi connectivity index (χ1v) is 0.928. The first-order chi connectivity index (χ1) is 1.73. The quantitative estimate of drug-likeness (QED) is 0.415. The second kappa shape index (κ2) is 15.7. The van der Waals surface area contributed by atoms with Gasteiger partial charge in [-0.3, -0.25) is 4.79 Å². The van der Waals surface area contributed by atoms with Gasteiger partial charge >= 0.3 is 29.6 Å². The average Bonchev–Trinajstić information content (AvgIpc) is 0.811. The molecule has 0 bridgehead atoms. The van der Waals surface area contributed by atoms with Gasteiger partial charge in [-0.2, -0.15) is 0 Å². The predicted octanol–water partition coefficient (Wildman–Crippen LogP) is -1.95.